The summed E-state index contributed by atoms with van der Waals surface area (Å²) < 4.78 is 14.4. The van der Waals surface area contributed by atoms with Crippen molar-refractivity contribution >= 4 is 29.5 Å². The zero-order valence-electron chi connectivity index (χ0n) is 20.7. The van der Waals surface area contributed by atoms with Gasteiger partial charge in [0.15, 0.2) is 5.78 Å². The van der Waals surface area contributed by atoms with E-state index in [0.717, 1.165) is 12.8 Å². The van der Waals surface area contributed by atoms with E-state index in [1.165, 1.54) is 25.4 Å². The number of halogens is 1. The van der Waals surface area contributed by atoms with Crippen molar-refractivity contribution in [3.63, 3.8) is 0 Å². The number of Topliss-reactive ketones (excluding diaryl/α,β-unsaturated/α-hetero) is 1. The number of hydrogen-bond donors (Lipinski definition) is 4. The Morgan fingerprint density at radius 1 is 1.33 bits per heavy atom. The van der Waals surface area contributed by atoms with E-state index < -0.39 is 29.2 Å². The molecule has 1 unspecified atom stereocenters. The van der Waals surface area contributed by atoms with Gasteiger partial charge in [0.25, 0.3) is 5.91 Å². The van der Waals surface area contributed by atoms with Crippen molar-refractivity contribution in [1.82, 2.24) is 10.6 Å². The lowest BCUT2D eigenvalue weighted by molar-refractivity contribution is -0.128. The number of hydrogen-bond acceptors (Lipinski definition) is 7. The summed E-state index contributed by atoms with van der Waals surface area (Å²) in [5.74, 6) is -1.79. The van der Waals surface area contributed by atoms with Crippen LogP contribution in [0.15, 0.2) is 47.2 Å². The molecule has 0 radical (unpaired) electrons. The highest BCUT2D eigenvalue weighted by Gasteiger charge is 2.51. The minimum atomic E-state index is -1.29. The van der Waals surface area contributed by atoms with Gasteiger partial charge >= 0.3 is 0 Å². The summed E-state index contributed by atoms with van der Waals surface area (Å²) in [5.41, 5.74) is 5.70. The third kappa shape index (κ3) is 6.17. The molecule has 1 heterocycles. The Labute approximate surface area is 210 Å². The first-order valence-corrected chi connectivity index (χ1v) is 12.1. The van der Waals surface area contributed by atoms with Crippen LogP contribution in [0.5, 0.6) is 0 Å². The molecule has 5 N–H and O–H groups in total. The van der Waals surface area contributed by atoms with Gasteiger partial charge in [-0.15, -0.1) is 0 Å². The first kappa shape index (κ1) is 27.1. The predicted octanol–water partition coefficient (Wildman–Crippen LogP) is 1.82. The zero-order chi connectivity index (χ0) is 26.5. The lowest BCUT2D eigenvalue weighted by atomic mass is 9.94. The van der Waals surface area contributed by atoms with E-state index >= 15 is 0 Å². The van der Waals surface area contributed by atoms with Gasteiger partial charge < -0.3 is 26.4 Å². The number of rotatable bonds is 10. The van der Waals surface area contributed by atoms with Gasteiger partial charge in [0.2, 0.25) is 5.91 Å². The van der Waals surface area contributed by atoms with Crippen LogP contribution in [0.2, 0.25) is 0 Å². The standard InChI is InChI=1S/C26H34FN5O4/c1-4-29-15-19(16(2)28)24(35)31-26(10-11-26)25(36)30-14-18-8-12-32(13-9-18)21-7-5-6-20(27)22(21)23(34)17(3)33/h4-7,15,17-18,33H,1,8-14,28H2,2-3H3,(H,30,36)(H,31,35)/b19-16+,29-15-. The van der Waals surface area contributed by atoms with E-state index in [1.807, 2.05) is 4.90 Å². The molecule has 1 saturated heterocycles. The van der Waals surface area contributed by atoms with Crippen molar-refractivity contribution in [3.05, 3.63) is 53.6 Å². The molecule has 0 spiro atoms. The summed E-state index contributed by atoms with van der Waals surface area (Å²) in [7, 11) is 0. The molecule has 3 rings (SSSR count). The second-order valence-corrected chi connectivity index (χ2v) is 9.41. The van der Waals surface area contributed by atoms with Crippen molar-refractivity contribution in [2.24, 2.45) is 16.6 Å². The van der Waals surface area contributed by atoms with Crippen molar-refractivity contribution < 1.29 is 23.9 Å². The number of nitrogens with zero attached hydrogens (tertiary/aromatic N) is 2. The average Bonchev–Trinajstić information content (AvgIpc) is 3.62. The normalized spacial score (nSPS) is 18.8. The van der Waals surface area contributed by atoms with Crippen molar-refractivity contribution in [2.75, 3.05) is 24.5 Å². The van der Waals surface area contributed by atoms with Gasteiger partial charge in [-0.05, 0) is 57.6 Å². The third-order valence-corrected chi connectivity index (χ3v) is 6.64. The number of carbonyl (C=O) groups is 3. The van der Waals surface area contributed by atoms with Gasteiger partial charge in [0, 0.05) is 37.7 Å². The fraction of sp³-hybridized carbons (Fsp3) is 0.462. The molecule has 2 amide bonds. The first-order valence-electron chi connectivity index (χ1n) is 12.1. The van der Waals surface area contributed by atoms with E-state index in [1.54, 1.807) is 19.1 Å². The van der Waals surface area contributed by atoms with Gasteiger partial charge in [-0.25, -0.2) is 4.39 Å². The number of aliphatic hydroxyl groups excluding tert-OH is 1. The molecule has 194 valence electrons. The Balaban J connectivity index is 1.55. The summed E-state index contributed by atoms with van der Waals surface area (Å²) >= 11 is 0. The number of nitrogens with two attached hydrogens (primary N) is 1. The SMILES string of the molecule is C=C/N=C\C(C(=O)NC1(C(=O)NCC2CCN(c3cccc(F)c3C(=O)C(C)O)CC2)CC1)=C(\C)N. The van der Waals surface area contributed by atoms with E-state index in [2.05, 4.69) is 22.2 Å². The molecule has 0 aromatic heterocycles. The lowest BCUT2D eigenvalue weighted by Gasteiger charge is -2.35. The summed E-state index contributed by atoms with van der Waals surface area (Å²) in [6.07, 6.45) is 3.86. The fourth-order valence-electron chi connectivity index (χ4n) is 4.30. The van der Waals surface area contributed by atoms with Crippen molar-refractivity contribution in [1.29, 1.82) is 0 Å². The quantitative estimate of drug-likeness (QED) is 0.220. The number of ketones is 1. The average molecular weight is 500 g/mol. The maximum Gasteiger partial charge on any atom is 0.255 e. The molecule has 1 aromatic carbocycles. The van der Waals surface area contributed by atoms with Crippen LogP contribution in [0.1, 0.15) is 49.9 Å². The van der Waals surface area contributed by atoms with Crippen LogP contribution in [0, 0.1) is 11.7 Å². The highest BCUT2D eigenvalue weighted by atomic mass is 19.1. The first-order chi connectivity index (χ1) is 17.1. The highest BCUT2D eigenvalue weighted by Crippen LogP contribution is 2.36. The molecule has 9 nitrogen and oxygen atoms in total. The predicted molar refractivity (Wildman–Crippen MR) is 136 cm³/mol. The molecule has 1 aliphatic carbocycles. The smallest absolute Gasteiger partial charge is 0.255 e. The molecule has 1 aliphatic heterocycles. The van der Waals surface area contributed by atoms with E-state index in [4.69, 9.17) is 5.73 Å². The molecule has 10 heteroatoms. The van der Waals surface area contributed by atoms with Crippen molar-refractivity contribution in [2.45, 2.75) is 51.2 Å². The second-order valence-electron chi connectivity index (χ2n) is 9.41. The van der Waals surface area contributed by atoms with Crippen LogP contribution >= 0.6 is 0 Å². The summed E-state index contributed by atoms with van der Waals surface area (Å²) in [6, 6.07) is 4.45. The minimum Gasteiger partial charge on any atom is -0.402 e. The molecule has 2 fully saturated rings. The van der Waals surface area contributed by atoms with Crippen LogP contribution in [0.4, 0.5) is 10.1 Å². The fourth-order valence-corrected chi connectivity index (χ4v) is 4.30. The molecule has 1 saturated carbocycles. The molecule has 36 heavy (non-hydrogen) atoms. The monoisotopic (exact) mass is 499 g/mol. The maximum atomic E-state index is 14.4. The van der Waals surface area contributed by atoms with Crippen LogP contribution in [0.25, 0.3) is 0 Å². The summed E-state index contributed by atoms with van der Waals surface area (Å²) in [5, 5.41) is 15.4. The van der Waals surface area contributed by atoms with Gasteiger partial charge in [0.1, 0.15) is 17.5 Å². The van der Waals surface area contributed by atoms with Gasteiger partial charge in [-0.2, -0.15) is 0 Å². The lowest BCUT2D eigenvalue weighted by Crippen LogP contribution is -2.51. The summed E-state index contributed by atoms with van der Waals surface area (Å²) in [6.45, 7) is 8.00. The maximum absolute atomic E-state index is 14.4. The minimum absolute atomic E-state index is 0.0926. The number of nitrogens with one attached hydrogen (secondary N) is 2. The zero-order valence-corrected chi connectivity index (χ0v) is 20.7. The van der Waals surface area contributed by atoms with Crippen LogP contribution in [0.3, 0.4) is 0 Å². The number of anilines is 1. The Kier molecular flexibility index (Phi) is 8.62. The molecule has 1 atom stereocenters. The molecular weight excluding hydrogens is 465 g/mol. The van der Waals surface area contributed by atoms with Crippen LogP contribution in [-0.4, -0.2) is 60.2 Å². The van der Waals surface area contributed by atoms with E-state index in [-0.39, 0.29) is 28.7 Å². The largest absolute Gasteiger partial charge is 0.402 e. The van der Waals surface area contributed by atoms with Gasteiger partial charge in [-0.3, -0.25) is 19.4 Å². The molecule has 2 aliphatic rings. The van der Waals surface area contributed by atoms with Crippen LogP contribution < -0.4 is 21.3 Å². The van der Waals surface area contributed by atoms with Crippen LogP contribution in [-0.2, 0) is 9.59 Å². The highest BCUT2D eigenvalue weighted by molar-refractivity contribution is 6.14. The molecular formula is C26H34FN5O4. The Morgan fingerprint density at radius 2 is 2.00 bits per heavy atom. The molecule has 0 bridgehead atoms. The Bertz CT molecular complexity index is 1080. The number of carbonyl (C=O) groups excluding carboxylic acids is 3. The second kappa shape index (κ2) is 11.5. The number of aliphatic imine (C=N–C) groups is 1. The van der Waals surface area contributed by atoms with E-state index in [0.29, 0.717) is 38.2 Å². The summed E-state index contributed by atoms with van der Waals surface area (Å²) in [4.78, 5) is 43.7. The topological polar surface area (TPSA) is 137 Å². The van der Waals surface area contributed by atoms with Crippen molar-refractivity contribution in [3.8, 4) is 0 Å². The molecule has 1 aromatic rings. The third-order valence-electron chi connectivity index (χ3n) is 6.64. The number of piperidine rings is 1. The number of aliphatic hydroxyl groups is 1. The number of amides is 2. The number of allylic oxidation sites excluding steroid dienone is 1. The number of benzene rings is 1. The van der Waals surface area contributed by atoms with Gasteiger partial charge in [-0.1, -0.05) is 12.6 Å². The van der Waals surface area contributed by atoms with Gasteiger partial charge in [0.05, 0.1) is 16.8 Å². The Hall–Kier alpha value is -3.53. The Morgan fingerprint density at radius 3 is 2.56 bits per heavy atom. The van der Waals surface area contributed by atoms with E-state index in [9.17, 15) is 23.9 Å².